The fraction of sp³-hybridized carbons (Fsp3) is 0.545. The van der Waals surface area contributed by atoms with Crippen LogP contribution in [0.15, 0.2) is 47.2 Å². The highest BCUT2D eigenvalue weighted by Gasteiger charge is 2.19. The van der Waals surface area contributed by atoms with Gasteiger partial charge in [0.15, 0.2) is 0 Å². The maximum atomic E-state index is 10.4. The monoisotopic (exact) mass is 712 g/mol. The molecule has 1 aromatic carbocycles. The lowest BCUT2D eigenvalue weighted by molar-refractivity contribution is 0.295. The molecule has 0 unspecified atom stereocenters. The molecule has 3 aromatic rings. The lowest BCUT2D eigenvalue weighted by atomic mass is 9.97. The Kier molecular flexibility index (Phi) is 21.8. The molecule has 6 heteroatoms. The summed E-state index contributed by atoms with van der Waals surface area (Å²) in [4.78, 5) is 2.02. The van der Waals surface area contributed by atoms with E-state index in [0.717, 1.165) is 35.4 Å². The number of hydrogen-bond acceptors (Lipinski definition) is 6. The zero-order chi connectivity index (χ0) is 35.5. The van der Waals surface area contributed by atoms with Crippen molar-refractivity contribution in [2.75, 3.05) is 13.2 Å². The van der Waals surface area contributed by atoms with Crippen LogP contribution in [0.1, 0.15) is 163 Å². The third-order valence-electron chi connectivity index (χ3n) is 9.07. The van der Waals surface area contributed by atoms with Gasteiger partial charge in [0.25, 0.3) is 0 Å². The van der Waals surface area contributed by atoms with Crippen LogP contribution in [0.4, 0.5) is 0 Å². The second-order valence-corrected chi connectivity index (χ2v) is 15.2. The lowest BCUT2D eigenvalue weighted by Crippen LogP contribution is -2.05. The van der Waals surface area contributed by atoms with E-state index in [0.29, 0.717) is 47.0 Å². The van der Waals surface area contributed by atoms with Gasteiger partial charge in [0.2, 0.25) is 0 Å². The van der Waals surface area contributed by atoms with E-state index < -0.39 is 0 Å². The number of nitriles is 2. The Morgan fingerprint density at radius 1 is 0.540 bits per heavy atom. The van der Waals surface area contributed by atoms with Crippen LogP contribution in [-0.2, 0) is 0 Å². The van der Waals surface area contributed by atoms with Crippen molar-refractivity contribution in [2.45, 2.75) is 142 Å². The molecule has 2 heterocycles. The third kappa shape index (κ3) is 16.1. The van der Waals surface area contributed by atoms with Crippen LogP contribution in [0.2, 0.25) is 0 Å². The minimum atomic E-state index is 0.529. The predicted molar refractivity (Wildman–Crippen MR) is 217 cm³/mol. The average Bonchev–Trinajstić information content (AvgIpc) is 3.86. The summed E-state index contributed by atoms with van der Waals surface area (Å²) in [6.45, 7) is 5.66. The summed E-state index contributed by atoms with van der Waals surface area (Å²) in [6.07, 6.45) is 29.0. The minimum absolute atomic E-state index is 0.529. The van der Waals surface area contributed by atoms with E-state index in [9.17, 15) is 10.5 Å². The van der Waals surface area contributed by atoms with Gasteiger partial charge in [-0.15, -0.1) is 22.7 Å². The summed E-state index contributed by atoms with van der Waals surface area (Å²) in [5, 5.41) is 24.7. The van der Waals surface area contributed by atoms with Crippen LogP contribution in [0.3, 0.4) is 0 Å². The molecule has 0 fully saturated rings. The van der Waals surface area contributed by atoms with Crippen LogP contribution in [-0.4, -0.2) is 13.2 Å². The molecular weight excluding hydrogens is 653 g/mol. The fourth-order valence-corrected chi connectivity index (χ4v) is 7.45. The molecule has 0 aliphatic rings. The van der Waals surface area contributed by atoms with E-state index in [-0.39, 0.29) is 0 Å². The number of ether oxygens (including phenoxy) is 2. The average molecular weight is 713 g/mol. The molecule has 0 N–H and O–H groups in total. The van der Waals surface area contributed by atoms with Gasteiger partial charge in [0.05, 0.1) is 36.5 Å². The summed E-state index contributed by atoms with van der Waals surface area (Å²) in [7, 11) is 0. The van der Waals surface area contributed by atoms with Crippen molar-refractivity contribution < 1.29 is 9.47 Å². The van der Waals surface area contributed by atoms with Crippen molar-refractivity contribution in [1.82, 2.24) is 0 Å². The highest BCUT2D eigenvalue weighted by Crippen LogP contribution is 2.39. The standard InChI is InChI=1S/C44H60N2O2S2/c1-3-5-7-9-11-13-15-17-19-21-27-47-43-33-42(38(36-46)32-40-26-24-30-50-40)44(34-41(43)37(35-45)31-39-25-23-29-49-39)48-28-22-20-18-16-14-12-10-8-6-4-2/h23-26,29-34H,3-22,27-28H2,1-2H3/b37-31+,38-32+. The molecule has 0 bridgehead atoms. The summed E-state index contributed by atoms with van der Waals surface area (Å²) in [5.74, 6) is 1.25. The molecule has 2 aromatic heterocycles. The highest BCUT2D eigenvalue weighted by molar-refractivity contribution is 7.11. The third-order valence-corrected chi connectivity index (χ3v) is 10.7. The Morgan fingerprint density at radius 3 is 1.18 bits per heavy atom. The maximum Gasteiger partial charge on any atom is 0.128 e. The number of unbranched alkanes of at least 4 members (excludes halogenated alkanes) is 18. The van der Waals surface area contributed by atoms with Crippen molar-refractivity contribution in [3.05, 3.63) is 68.0 Å². The smallest absolute Gasteiger partial charge is 0.128 e. The van der Waals surface area contributed by atoms with Crippen LogP contribution < -0.4 is 9.47 Å². The van der Waals surface area contributed by atoms with Crippen molar-refractivity contribution in [2.24, 2.45) is 0 Å². The van der Waals surface area contributed by atoms with Gasteiger partial charge in [0.1, 0.15) is 11.5 Å². The first kappa shape index (κ1) is 41.1. The summed E-state index contributed by atoms with van der Waals surface area (Å²) >= 11 is 3.20. The molecule has 3 rings (SSSR count). The summed E-state index contributed by atoms with van der Waals surface area (Å²) in [6, 6.07) is 16.7. The van der Waals surface area contributed by atoms with Crippen molar-refractivity contribution in [1.29, 1.82) is 10.5 Å². The van der Waals surface area contributed by atoms with Gasteiger partial charge in [-0.25, -0.2) is 0 Å². The summed E-state index contributed by atoms with van der Waals surface area (Å²) in [5.41, 5.74) is 2.48. The highest BCUT2D eigenvalue weighted by atomic mass is 32.1. The molecule has 0 radical (unpaired) electrons. The fourth-order valence-electron chi connectivity index (χ4n) is 6.13. The van der Waals surface area contributed by atoms with E-state index >= 15 is 0 Å². The molecular formula is C44H60N2O2S2. The van der Waals surface area contributed by atoms with Crippen LogP contribution in [0, 0.1) is 22.7 Å². The van der Waals surface area contributed by atoms with E-state index in [1.165, 1.54) is 103 Å². The number of hydrogen-bond donors (Lipinski definition) is 0. The Morgan fingerprint density at radius 2 is 0.880 bits per heavy atom. The van der Waals surface area contributed by atoms with E-state index in [1.54, 1.807) is 22.7 Å². The van der Waals surface area contributed by atoms with Gasteiger partial charge in [-0.1, -0.05) is 142 Å². The molecule has 4 nitrogen and oxygen atoms in total. The number of allylic oxidation sites excluding steroid dienone is 2. The lowest BCUT2D eigenvalue weighted by Gasteiger charge is -2.18. The first-order valence-electron chi connectivity index (χ1n) is 19.4. The second kappa shape index (κ2) is 26.5. The van der Waals surface area contributed by atoms with Gasteiger partial charge in [-0.05, 0) is 60.0 Å². The molecule has 0 aliphatic carbocycles. The molecule has 0 amide bonds. The Hall–Kier alpha value is -3.32. The van der Waals surface area contributed by atoms with E-state index in [2.05, 4.69) is 26.0 Å². The number of rotatable bonds is 28. The van der Waals surface area contributed by atoms with Crippen molar-refractivity contribution in [3.8, 4) is 23.6 Å². The van der Waals surface area contributed by atoms with Gasteiger partial charge in [0, 0.05) is 20.9 Å². The molecule has 270 valence electrons. The van der Waals surface area contributed by atoms with Crippen molar-refractivity contribution >= 4 is 46.0 Å². The minimum Gasteiger partial charge on any atom is -0.493 e. The van der Waals surface area contributed by atoms with E-state index in [1.807, 2.05) is 59.3 Å². The SMILES string of the molecule is CCCCCCCCCCCCOc1cc(/C(C#N)=C/c2cccs2)c(OCCCCCCCCCCCC)cc1/C(C#N)=C/c1cccs1. The van der Waals surface area contributed by atoms with Crippen LogP contribution in [0.5, 0.6) is 11.5 Å². The predicted octanol–water partition coefficient (Wildman–Crippen LogP) is 14.5. The first-order valence-corrected chi connectivity index (χ1v) is 21.2. The van der Waals surface area contributed by atoms with Crippen LogP contribution in [0.25, 0.3) is 23.3 Å². The topological polar surface area (TPSA) is 66.0 Å². The normalized spacial score (nSPS) is 11.8. The Bertz CT molecular complexity index is 1350. The Balaban J connectivity index is 1.75. The zero-order valence-corrected chi connectivity index (χ0v) is 32.5. The second-order valence-electron chi connectivity index (χ2n) is 13.3. The van der Waals surface area contributed by atoms with E-state index in [4.69, 9.17) is 9.47 Å². The molecule has 0 spiro atoms. The molecule has 0 aliphatic heterocycles. The summed E-state index contributed by atoms with van der Waals surface area (Å²) < 4.78 is 12.9. The Labute approximate surface area is 311 Å². The molecule has 0 saturated heterocycles. The molecule has 0 saturated carbocycles. The zero-order valence-electron chi connectivity index (χ0n) is 30.9. The number of thiophene rings is 2. The number of benzene rings is 1. The number of nitrogens with zero attached hydrogens (tertiary/aromatic N) is 2. The van der Waals surface area contributed by atoms with Gasteiger partial charge in [-0.3, -0.25) is 0 Å². The first-order chi connectivity index (χ1) is 24.7. The van der Waals surface area contributed by atoms with Gasteiger partial charge < -0.3 is 9.47 Å². The quantitative estimate of drug-likeness (QED) is 0.0555. The maximum absolute atomic E-state index is 10.4. The molecule has 50 heavy (non-hydrogen) atoms. The molecule has 0 atom stereocenters. The van der Waals surface area contributed by atoms with Gasteiger partial charge in [-0.2, -0.15) is 10.5 Å². The van der Waals surface area contributed by atoms with Crippen molar-refractivity contribution in [3.63, 3.8) is 0 Å². The van der Waals surface area contributed by atoms with Gasteiger partial charge >= 0.3 is 0 Å². The van der Waals surface area contributed by atoms with Crippen LogP contribution >= 0.6 is 22.7 Å². The largest absolute Gasteiger partial charge is 0.493 e.